The van der Waals surface area contributed by atoms with Crippen LogP contribution in [0.15, 0.2) is 29.3 Å². The van der Waals surface area contributed by atoms with Gasteiger partial charge in [-0.3, -0.25) is 14.7 Å². The zero-order valence-corrected chi connectivity index (χ0v) is 20.9. The summed E-state index contributed by atoms with van der Waals surface area (Å²) in [4.78, 5) is 21.4. The Morgan fingerprint density at radius 1 is 1.17 bits per heavy atom. The van der Waals surface area contributed by atoms with Gasteiger partial charge in [-0.15, -0.1) is 24.0 Å². The van der Waals surface area contributed by atoms with Crippen molar-refractivity contribution >= 4 is 35.9 Å². The number of rotatable bonds is 6. The van der Waals surface area contributed by atoms with E-state index < -0.39 is 0 Å². The molecular formula is C23H37IN4O2. The van der Waals surface area contributed by atoms with Gasteiger partial charge in [0.2, 0.25) is 0 Å². The maximum absolute atomic E-state index is 12.0. The third-order valence-corrected chi connectivity index (χ3v) is 6.12. The number of aliphatic imine (C=N–C) groups is 1. The lowest BCUT2D eigenvalue weighted by molar-refractivity contribution is -0.149. The minimum Gasteiger partial charge on any atom is -0.466 e. The number of hydrogen-bond donors (Lipinski definition) is 1. The van der Waals surface area contributed by atoms with Crippen LogP contribution >= 0.6 is 24.0 Å². The Bertz CT molecular complexity index is 681. The molecule has 3 rings (SSSR count). The van der Waals surface area contributed by atoms with Gasteiger partial charge < -0.3 is 15.0 Å². The fourth-order valence-electron chi connectivity index (χ4n) is 4.41. The first-order valence-electron chi connectivity index (χ1n) is 11.0. The zero-order chi connectivity index (χ0) is 20.6. The Kier molecular flexibility index (Phi) is 10.4. The summed E-state index contributed by atoms with van der Waals surface area (Å²) in [5.41, 5.74) is 2.66. The first kappa shape index (κ1) is 24.9. The van der Waals surface area contributed by atoms with Crippen LogP contribution in [0.1, 0.15) is 49.8 Å². The molecule has 2 aliphatic heterocycles. The average molecular weight is 528 g/mol. The molecule has 7 heteroatoms. The minimum absolute atomic E-state index is 0. The molecule has 0 bridgehead atoms. The van der Waals surface area contributed by atoms with E-state index in [4.69, 9.17) is 4.74 Å². The summed E-state index contributed by atoms with van der Waals surface area (Å²) in [5.74, 6) is 0.904. The van der Waals surface area contributed by atoms with E-state index in [1.54, 1.807) is 0 Å². The summed E-state index contributed by atoms with van der Waals surface area (Å²) >= 11 is 0. The van der Waals surface area contributed by atoms with Crippen LogP contribution in [0.25, 0.3) is 0 Å². The molecule has 2 aliphatic rings. The van der Waals surface area contributed by atoms with Gasteiger partial charge in [0.1, 0.15) is 0 Å². The van der Waals surface area contributed by atoms with Crippen molar-refractivity contribution in [1.29, 1.82) is 0 Å². The summed E-state index contributed by atoms with van der Waals surface area (Å²) in [6.07, 6.45) is 4.21. The number of aryl methyl sites for hydroxylation is 1. The van der Waals surface area contributed by atoms with Crippen LogP contribution in [0, 0.1) is 12.8 Å². The number of nitrogens with one attached hydrogen (secondary N) is 1. The Labute approximate surface area is 198 Å². The minimum atomic E-state index is -0.0523. The number of guanidine groups is 1. The lowest BCUT2D eigenvalue weighted by Gasteiger charge is -2.35. The van der Waals surface area contributed by atoms with Crippen molar-refractivity contribution in [1.82, 2.24) is 15.1 Å². The molecular weight excluding hydrogens is 491 g/mol. The van der Waals surface area contributed by atoms with Crippen molar-refractivity contribution in [3.63, 3.8) is 0 Å². The standard InChI is InChI=1S/C23H36N4O2.HI/c1-4-29-22(28)20-11-15-27(16-12-20)23(24-3)25-17-21(26-13-5-6-14-26)19-9-7-18(2)8-10-19;/h7-10,20-21H,4-6,11-17H2,1-3H3,(H,24,25);1H. The fraction of sp³-hybridized carbons (Fsp3) is 0.652. The molecule has 0 saturated carbocycles. The molecule has 1 aromatic rings. The largest absolute Gasteiger partial charge is 0.466 e. The topological polar surface area (TPSA) is 57.2 Å². The molecule has 2 saturated heterocycles. The smallest absolute Gasteiger partial charge is 0.309 e. The van der Waals surface area contributed by atoms with E-state index in [-0.39, 0.29) is 35.9 Å². The van der Waals surface area contributed by atoms with E-state index in [1.165, 1.54) is 24.0 Å². The number of hydrogen-bond acceptors (Lipinski definition) is 4. The van der Waals surface area contributed by atoms with E-state index in [0.29, 0.717) is 12.6 Å². The van der Waals surface area contributed by atoms with Gasteiger partial charge in [0.25, 0.3) is 0 Å². The maximum Gasteiger partial charge on any atom is 0.309 e. The van der Waals surface area contributed by atoms with Crippen LogP contribution in [-0.2, 0) is 9.53 Å². The highest BCUT2D eigenvalue weighted by molar-refractivity contribution is 14.0. The third kappa shape index (κ3) is 6.57. The molecule has 1 aromatic carbocycles. The second-order valence-electron chi connectivity index (χ2n) is 8.11. The summed E-state index contributed by atoms with van der Waals surface area (Å²) < 4.78 is 5.19. The van der Waals surface area contributed by atoms with Crippen molar-refractivity contribution in [3.05, 3.63) is 35.4 Å². The van der Waals surface area contributed by atoms with Crippen molar-refractivity contribution in [3.8, 4) is 0 Å². The van der Waals surface area contributed by atoms with Crippen LogP contribution < -0.4 is 5.32 Å². The van der Waals surface area contributed by atoms with E-state index in [9.17, 15) is 4.79 Å². The first-order valence-corrected chi connectivity index (χ1v) is 11.0. The molecule has 0 amide bonds. The molecule has 1 atom stereocenters. The second-order valence-corrected chi connectivity index (χ2v) is 8.11. The normalized spacial score (nSPS) is 19.3. The van der Waals surface area contributed by atoms with Gasteiger partial charge in [0.15, 0.2) is 5.96 Å². The van der Waals surface area contributed by atoms with Gasteiger partial charge in [-0.05, 0) is 58.2 Å². The Hall–Kier alpha value is -1.35. The molecule has 1 unspecified atom stereocenters. The summed E-state index contributed by atoms with van der Waals surface area (Å²) in [6.45, 7) is 9.28. The highest BCUT2D eigenvalue weighted by Crippen LogP contribution is 2.25. The van der Waals surface area contributed by atoms with E-state index in [0.717, 1.165) is 51.5 Å². The third-order valence-electron chi connectivity index (χ3n) is 6.12. The molecule has 2 heterocycles. The summed E-state index contributed by atoms with van der Waals surface area (Å²) in [6, 6.07) is 9.27. The highest BCUT2D eigenvalue weighted by Gasteiger charge is 2.28. The molecule has 1 N–H and O–H groups in total. The molecule has 2 fully saturated rings. The predicted octanol–water partition coefficient (Wildman–Crippen LogP) is 3.60. The van der Waals surface area contributed by atoms with Gasteiger partial charge in [-0.2, -0.15) is 0 Å². The van der Waals surface area contributed by atoms with E-state index >= 15 is 0 Å². The SMILES string of the molecule is CCOC(=O)C1CCN(C(=NC)NCC(c2ccc(C)cc2)N2CCCC2)CC1.I. The average Bonchev–Trinajstić information content (AvgIpc) is 3.27. The number of carbonyl (C=O) groups is 1. The van der Waals surface area contributed by atoms with Gasteiger partial charge >= 0.3 is 5.97 Å². The zero-order valence-electron chi connectivity index (χ0n) is 18.6. The number of nitrogens with zero attached hydrogens (tertiary/aromatic N) is 3. The van der Waals surface area contributed by atoms with Crippen LogP contribution in [0.4, 0.5) is 0 Å². The van der Waals surface area contributed by atoms with Gasteiger partial charge in [-0.25, -0.2) is 0 Å². The number of piperidine rings is 1. The summed E-state index contributed by atoms with van der Waals surface area (Å²) in [7, 11) is 1.84. The predicted molar refractivity (Wildman–Crippen MR) is 132 cm³/mol. The monoisotopic (exact) mass is 528 g/mol. The van der Waals surface area contributed by atoms with Crippen LogP contribution in [0.2, 0.25) is 0 Å². The number of halogens is 1. The number of ether oxygens (including phenoxy) is 1. The number of likely N-dealkylation sites (tertiary alicyclic amines) is 2. The van der Waals surface area contributed by atoms with Gasteiger partial charge in [0.05, 0.1) is 18.6 Å². The highest BCUT2D eigenvalue weighted by atomic mass is 127. The summed E-state index contributed by atoms with van der Waals surface area (Å²) in [5, 5.41) is 3.62. The molecule has 6 nitrogen and oxygen atoms in total. The number of carbonyl (C=O) groups excluding carboxylic acids is 1. The Balaban J connectivity index is 0.00000320. The van der Waals surface area contributed by atoms with Crippen molar-refractivity contribution in [2.45, 2.75) is 45.6 Å². The fourth-order valence-corrected chi connectivity index (χ4v) is 4.41. The van der Waals surface area contributed by atoms with E-state index in [2.05, 4.69) is 51.3 Å². The number of esters is 1. The second kappa shape index (κ2) is 12.5. The van der Waals surface area contributed by atoms with Crippen LogP contribution in [-0.4, -0.2) is 68.1 Å². The van der Waals surface area contributed by atoms with Gasteiger partial charge in [0, 0.05) is 26.7 Å². The maximum atomic E-state index is 12.0. The molecule has 168 valence electrons. The first-order chi connectivity index (χ1) is 14.1. The van der Waals surface area contributed by atoms with Crippen molar-refractivity contribution in [2.75, 3.05) is 46.4 Å². The quantitative estimate of drug-likeness (QED) is 0.265. The number of benzene rings is 1. The van der Waals surface area contributed by atoms with Crippen molar-refractivity contribution < 1.29 is 9.53 Å². The lowest BCUT2D eigenvalue weighted by Crippen LogP contribution is -2.48. The van der Waals surface area contributed by atoms with Crippen molar-refractivity contribution in [2.24, 2.45) is 10.9 Å². The van der Waals surface area contributed by atoms with Gasteiger partial charge in [-0.1, -0.05) is 29.8 Å². The van der Waals surface area contributed by atoms with E-state index in [1.807, 2.05) is 14.0 Å². The molecule has 0 aromatic heterocycles. The van der Waals surface area contributed by atoms with Crippen LogP contribution in [0.5, 0.6) is 0 Å². The molecule has 0 spiro atoms. The molecule has 0 aliphatic carbocycles. The Morgan fingerprint density at radius 2 is 1.80 bits per heavy atom. The molecule has 30 heavy (non-hydrogen) atoms. The lowest BCUT2D eigenvalue weighted by atomic mass is 9.97. The molecule has 0 radical (unpaired) electrons. The van der Waals surface area contributed by atoms with Crippen LogP contribution in [0.3, 0.4) is 0 Å². The Morgan fingerprint density at radius 3 is 2.37 bits per heavy atom.